The van der Waals surface area contributed by atoms with Crippen molar-refractivity contribution in [3.05, 3.63) is 90.2 Å². The number of hydrogen-bond donors (Lipinski definition) is 1. The number of carbonyl (C=O) groups is 1. The lowest BCUT2D eigenvalue weighted by molar-refractivity contribution is -0.118. The van der Waals surface area contributed by atoms with Crippen molar-refractivity contribution >= 4 is 23.5 Å². The van der Waals surface area contributed by atoms with Crippen LogP contribution in [0.4, 0.5) is 15.8 Å². The van der Waals surface area contributed by atoms with E-state index in [1.165, 1.54) is 12.1 Å². The maximum atomic E-state index is 12.9. The van der Waals surface area contributed by atoms with Crippen LogP contribution >= 0.6 is 0 Å². The molecule has 4 nitrogen and oxygen atoms in total. The van der Waals surface area contributed by atoms with E-state index in [1.54, 1.807) is 30.5 Å². The van der Waals surface area contributed by atoms with Gasteiger partial charge in [0.1, 0.15) is 11.6 Å². The minimum absolute atomic E-state index is 0.0715. The Hall–Kier alpha value is -3.47. The molecule has 0 saturated carbocycles. The summed E-state index contributed by atoms with van der Waals surface area (Å²) in [7, 11) is 0. The van der Waals surface area contributed by atoms with Crippen molar-refractivity contribution in [2.45, 2.75) is 0 Å². The van der Waals surface area contributed by atoms with Gasteiger partial charge in [0.25, 0.3) is 5.91 Å². The van der Waals surface area contributed by atoms with Crippen molar-refractivity contribution in [3.8, 4) is 5.75 Å². The van der Waals surface area contributed by atoms with Gasteiger partial charge in [0.15, 0.2) is 6.61 Å². The first-order chi connectivity index (χ1) is 12.7. The molecule has 0 aliphatic carbocycles. The van der Waals surface area contributed by atoms with Gasteiger partial charge in [-0.25, -0.2) is 4.39 Å². The second kappa shape index (κ2) is 8.58. The molecule has 0 unspecified atom stereocenters. The Labute approximate surface area is 151 Å². The normalized spacial score (nSPS) is 10.7. The van der Waals surface area contributed by atoms with Crippen LogP contribution in [0.3, 0.4) is 0 Å². The number of hydrogen-bond acceptors (Lipinski definition) is 3. The van der Waals surface area contributed by atoms with Crippen LogP contribution in [0.15, 0.2) is 83.9 Å². The molecule has 0 heterocycles. The standard InChI is InChI=1S/C21H17FN2O2/c22-17-8-10-18(11-9-17)23-14-16-6-12-20(13-7-16)26-15-21(25)24-19-4-2-1-3-5-19/h1-14H,15H2,(H,24,25). The highest BCUT2D eigenvalue weighted by Gasteiger charge is 2.03. The van der Waals surface area contributed by atoms with E-state index in [2.05, 4.69) is 10.3 Å². The number of halogens is 1. The molecule has 3 aromatic rings. The predicted molar refractivity (Wildman–Crippen MR) is 101 cm³/mol. The zero-order valence-corrected chi connectivity index (χ0v) is 13.9. The summed E-state index contributed by atoms with van der Waals surface area (Å²) < 4.78 is 18.3. The number of nitrogens with zero attached hydrogens (tertiary/aromatic N) is 1. The van der Waals surface area contributed by atoms with Gasteiger partial charge in [-0.2, -0.15) is 0 Å². The summed E-state index contributed by atoms with van der Waals surface area (Å²) in [4.78, 5) is 16.1. The first kappa shape index (κ1) is 17.4. The van der Waals surface area contributed by atoms with Gasteiger partial charge >= 0.3 is 0 Å². The van der Waals surface area contributed by atoms with Gasteiger partial charge < -0.3 is 10.1 Å². The van der Waals surface area contributed by atoms with Gasteiger partial charge in [-0.1, -0.05) is 18.2 Å². The third kappa shape index (κ3) is 5.27. The Morgan fingerprint density at radius 1 is 0.962 bits per heavy atom. The van der Waals surface area contributed by atoms with E-state index >= 15 is 0 Å². The minimum atomic E-state index is -0.290. The molecule has 130 valence electrons. The van der Waals surface area contributed by atoms with E-state index in [4.69, 9.17) is 4.74 Å². The van der Waals surface area contributed by atoms with Crippen LogP contribution in [0.5, 0.6) is 5.75 Å². The lowest BCUT2D eigenvalue weighted by Gasteiger charge is -2.07. The summed E-state index contributed by atoms with van der Waals surface area (Å²) in [6.45, 7) is -0.0715. The maximum Gasteiger partial charge on any atom is 0.262 e. The SMILES string of the molecule is O=C(COc1ccc(C=Nc2ccc(F)cc2)cc1)Nc1ccccc1. The molecule has 1 N–H and O–H groups in total. The highest BCUT2D eigenvalue weighted by atomic mass is 19.1. The van der Waals surface area contributed by atoms with Gasteiger partial charge in [0.05, 0.1) is 5.69 Å². The quantitative estimate of drug-likeness (QED) is 0.662. The monoisotopic (exact) mass is 348 g/mol. The minimum Gasteiger partial charge on any atom is -0.484 e. The summed E-state index contributed by atoms with van der Waals surface area (Å²) in [5.41, 5.74) is 2.27. The van der Waals surface area contributed by atoms with Crippen molar-refractivity contribution in [2.24, 2.45) is 4.99 Å². The Morgan fingerprint density at radius 2 is 1.65 bits per heavy atom. The van der Waals surface area contributed by atoms with Crippen molar-refractivity contribution in [3.63, 3.8) is 0 Å². The fraction of sp³-hybridized carbons (Fsp3) is 0.0476. The van der Waals surface area contributed by atoms with E-state index in [-0.39, 0.29) is 18.3 Å². The van der Waals surface area contributed by atoms with E-state index < -0.39 is 0 Å². The van der Waals surface area contributed by atoms with Crippen LogP contribution in [-0.2, 0) is 4.79 Å². The molecule has 0 fully saturated rings. The molecule has 0 aromatic heterocycles. The first-order valence-corrected chi connectivity index (χ1v) is 8.06. The van der Waals surface area contributed by atoms with Crippen molar-refractivity contribution in [1.29, 1.82) is 0 Å². The third-order valence-corrected chi connectivity index (χ3v) is 3.50. The van der Waals surface area contributed by atoms with Crippen LogP contribution < -0.4 is 10.1 Å². The van der Waals surface area contributed by atoms with Gasteiger partial charge in [0, 0.05) is 11.9 Å². The Balaban J connectivity index is 1.51. The lowest BCUT2D eigenvalue weighted by atomic mass is 10.2. The molecule has 0 radical (unpaired) electrons. The van der Waals surface area contributed by atoms with Crippen molar-refractivity contribution in [1.82, 2.24) is 0 Å². The fourth-order valence-corrected chi connectivity index (χ4v) is 2.19. The summed E-state index contributed by atoms with van der Waals surface area (Å²) >= 11 is 0. The van der Waals surface area contributed by atoms with Crippen LogP contribution in [-0.4, -0.2) is 18.7 Å². The second-order valence-corrected chi connectivity index (χ2v) is 5.51. The fourth-order valence-electron chi connectivity index (χ4n) is 2.19. The number of benzene rings is 3. The topological polar surface area (TPSA) is 50.7 Å². The molecular weight excluding hydrogens is 331 g/mol. The Kier molecular flexibility index (Phi) is 5.72. The van der Waals surface area contributed by atoms with Crippen molar-refractivity contribution in [2.75, 3.05) is 11.9 Å². The summed E-state index contributed by atoms with van der Waals surface area (Å²) in [6, 6.07) is 22.3. The Bertz CT molecular complexity index is 876. The number of carbonyl (C=O) groups excluding carboxylic acids is 1. The van der Waals surface area contributed by atoms with E-state index in [1.807, 2.05) is 42.5 Å². The maximum absolute atomic E-state index is 12.9. The van der Waals surface area contributed by atoms with Crippen LogP contribution in [0.1, 0.15) is 5.56 Å². The molecule has 0 bridgehead atoms. The highest BCUT2D eigenvalue weighted by Crippen LogP contribution is 2.14. The van der Waals surface area contributed by atoms with Gasteiger partial charge in [-0.05, 0) is 66.2 Å². The largest absolute Gasteiger partial charge is 0.484 e. The smallest absolute Gasteiger partial charge is 0.262 e. The number of nitrogens with one attached hydrogen (secondary N) is 1. The van der Waals surface area contributed by atoms with Crippen LogP contribution in [0, 0.1) is 5.82 Å². The molecule has 0 aliphatic heterocycles. The second-order valence-electron chi connectivity index (χ2n) is 5.51. The summed E-state index contributed by atoms with van der Waals surface area (Å²) in [5, 5.41) is 2.75. The zero-order valence-electron chi connectivity index (χ0n) is 13.9. The molecule has 0 aliphatic rings. The van der Waals surface area contributed by atoms with Crippen LogP contribution in [0.2, 0.25) is 0 Å². The number of aliphatic imine (C=N–C) groups is 1. The van der Waals surface area contributed by atoms with Crippen molar-refractivity contribution < 1.29 is 13.9 Å². The number of amides is 1. The van der Waals surface area contributed by atoms with E-state index in [0.29, 0.717) is 11.4 Å². The van der Waals surface area contributed by atoms with Gasteiger partial charge in [0.2, 0.25) is 0 Å². The average molecular weight is 348 g/mol. The summed E-state index contributed by atoms with van der Waals surface area (Å²) in [6.07, 6.45) is 1.68. The number of para-hydroxylation sites is 1. The number of ether oxygens (including phenoxy) is 1. The molecule has 26 heavy (non-hydrogen) atoms. The lowest BCUT2D eigenvalue weighted by Crippen LogP contribution is -2.20. The third-order valence-electron chi connectivity index (χ3n) is 3.50. The molecule has 0 atom stereocenters. The molecule has 3 aromatic carbocycles. The highest BCUT2D eigenvalue weighted by molar-refractivity contribution is 5.91. The van der Waals surface area contributed by atoms with E-state index in [0.717, 1.165) is 11.3 Å². The first-order valence-electron chi connectivity index (χ1n) is 8.06. The zero-order chi connectivity index (χ0) is 18.2. The number of anilines is 1. The molecule has 5 heteroatoms. The molecular formula is C21H17FN2O2. The van der Waals surface area contributed by atoms with Gasteiger partial charge in [-0.15, -0.1) is 0 Å². The predicted octanol–water partition coefficient (Wildman–Crippen LogP) is 4.59. The van der Waals surface area contributed by atoms with E-state index in [9.17, 15) is 9.18 Å². The molecule has 0 spiro atoms. The summed E-state index contributed by atoms with van der Waals surface area (Å²) in [5.74, 6) is 0.0760. The van der Waals surface area contributed by atoms with Crippen LogP contribution in [0.25, 0.3) is 0 Å². The molecule has 1 amide bonds. The van der Waals surface area contributed by atoms with Gasteiger partial charge in [-0.3, -0.25) is 9.79 Å². The average Bonchev–Trinajstić information content (AvgIpc) is 2.67. The molecule has 3 rings (SSSR count). The Morgan fingerprint density at radius 3 is 2.35 bits per heavy atom. The molecule has 0 saturated heterocycles. The number of rotatable bonds is 6.